The number of nitrogens with zero attached hydrogens (tertiary/aromatic N) is 2. The molecule has 0 bridgehead atoms. The second-order valence-electron chi connectivity index (χ2n) is 2.29. The van der Waals surface area contributed by atoms with E-state index in [2.05, 4.69) is 14.7 Å². The second-order valence-corrected chi connectivity index (χ2v) is 2.29. The number of ether oxygens (including phenoxy) is 1. The lowest BCUT2D eigenvalue weighted by atomic mass is 10.3. The molecule has 0 fully saturated rings. The van der Waals surface area contributed by atoms with Crippen LogP contribution < -0.4 is 5.73 Å². The zero-order chi connectivity index (χ0) is 10.7. The van der Waals surface area contributed by atoms with E-state index in [1.165, 1.54) is 0 Å². The Bertz CT molecular complexity index is 391. The van der Waals surface area contributed by atoms with Gasteiger partial charge in [0.1, 0.15) is 0 Å². The van der Waals surface area contributed by atoms with Crippen LogP contribution in [0.15, 0.2) is 6.20 Å². The van der Waals surface area contributed by atoms with Crippen LogP contribution in [0.1, 0.15) is 21.0 Å². The summed E-state index contributed by atoms with van der Waals surface area (Å²) in [5.74, 6) is -2.36. The Kier molecular flexibility index (Phi) is 2.61. The van der Waals surface area contributed by atoms with Crippen LogP contribution >= 0.6 is 0 Å². The van der Waals surface area contributed by atoms with Crippen LogP contribution in [0.25, 0.3) is 0 Å². The third-order valence-corrected chi connectivity index (χ3v) is 1.40. The fraction of sp³-hybridized carbons (Fsp3) is 0.143. The van der Waals surface area contributed by atoms with E-state index in [1.54, 1.807) is 0 Å². The Balaban J connectivity index is 3.19. The first-order valence-corrected chi connectivity index (χ1v) is 3.50. The van der Waals surface area contributed by atoms with E-state index in [4.69, 9.17) is 10.8 Å². The van der Waals surface area contributed by atoms with E-state index < -0.39 is 17.6 Å². The number of methoxy groups -OCH3 is 1. The van der Waals surface area contributed by atoms with Crippen molar-refractivity contribution in [1.29, 1.82) is 0 Å². The van der Waals surface area contributed by atoms with Crippen LogP contribution in [-0.4, -0.2) is 34.1 Å². The molecule has 0 saturated heterocycles. The molecule has 0 aromatic carbocycles. The predicted octanol–water partition coefficient (Wildman–Crippen LogP) is -0.456. The highest BCUT2D eigenvalue weighted by Gasteiger charge is 2.15. The highest BCUT2D eigenvalue weighted by Crippen LogP contribution is 2.06. The summed E-state index contributed by atoms with van der Waals surface area (Å²) >= 11 is 0. The number of rotatable bonds is 2. The van der Waals surface area contributed by atoms with Gasteiger partial charge in [-0.15, -0.1) is 0 Å². The molecule has 7 nitrogen and oxygen atoms in total. The molecule has 1 aromatic heterocycles. The maximum absolute atomic E-state index is 10.9. The van der Waals surface area contributed by atoms with Crippen molar-refractivity contribution < 1.29 is 19.4 Å². The molecule has 0 saturated carbocycles. The van der Waals surface area contributed by atoms with Gasteiger partial charge in [0.05, 0.1) is 13.3 Å². The maximum Gasteiger partial charge on any atom is 0.358 e. The third-order valence-electron chi connectivity index (χ3n) is 1.40. The van der Waals surface area contributed by atoms with Crippen molar-refractivity contribution in [2.45, 2.75) is 0 Å². The summed E-state index contributed by atoms with van der Waals surface area (Å²) in [6, 6.07) is 0. The Morgan fingerprint density at radius 3 is 2.71 bits per heavy atom. The van der Waals surface area contributed by atoms with Gasteiger partial charge in [-0.2, -0.15) is 0 Å². The summed E-state index contributed by atoms with van der Waals surface area (Å²) < 4.78 is 4.34. The molecule has 0 atom stereocenters. The predicted molar refractivity (Wildman–Crippen MR) is 44.7 cm³/mol. The SMILES string of the molecule is COC(=O)c1cnc(N)c(C(=O)O)n1. The largest absolute Gasteiger partial charge is 0.476 e. The smallest absolute Gasteiger partial charge is 0.358 e. The molecule has 0 aliphatic heterocycles. The minimum atomic E-state index is -1.35. The molecule has 0 amide bonds. The normalized spacial score (nSPS) is 9.50. The van der Waals surface area contributed by atoms with Crippen molar-refractivity contribution in [3.8, 4) is 0 Å². The molecular weight excluding hydrogens is 190 g/mol. The first-order valence-electron chi connectivity index (χ1n) is 3.50. The fourth-order valence-corrected chi connectivity index (χ4v) is 0.759. The van der Waals surface area contributed by atoms with Gasteiger partial charge in [0.15, 0.2) is 17.2 Å². The second kappa shape index (κ2) is 3.69. The zero-order valence-corrected chi connectivity index (χ0v) is 7.22. The van der Waals surface area contributed by atoms with Gasteiger partial charge in [0.25, 0.3) is 0 Å². The van der Waals surface area contributed by atoms with E-state index in [9.17, 15) is 9.59 Å². The quantitative estimate of drug-likeness (QED) is 0.616. The minimum absolute atomic E-state index is 0.195. The van der Waals surface area contributed by atoms with Crippen LogP contribution in [-0.2, 0) is 4.74 Å². The van der Waals surface area contributed by atoms with Crippen LogP contribution in [0, 0.1) is 0 Å². The molecule has 1 rings (SSSR count). The van der Waals surface area contributed by atoms with Crippen molar-refractivity contribution in [2.24, 2.45) is 0 Å². The van der Waals surface area contributed by atoms with Gasteiger partial charge in [-0.25, -0.2) is 19.6 Å². The number of aromatic carboxylic acids is 1. The Labute approximate surface area is 78.5 Å². The number of carbonyl (C=O) groups is 2. The van der Waals surface area contributed by atoms with E-state index in [1.807, 2.05) is 0 Å². The highest BCUT2D eigenvalue weighted by atomic mass is 16.5. The fourth-order valence-electron chi connectivity index (χ4n) is 0.759. The lowest BCUT2D eigenvalue weighted by molar-refractivity contribution is 0.0593. The Morgan fingerprint density at radius 1 is 1.57 bits per heavy atom. The number of carboxylic acid groups (broad SMARTS) is 1. The molecule has 0 aliphatic carbocycles. The summed E-state index contributed by atoms with van der Waals surface area (Å²) in [7, 11) is 1.15. The van der Waals surface area contributed by atoms with Crippen LogP contribution in [0.4, 0.5) is 5.82 Å². The lowest BCUT2D eigenvalue weighted by Gasteiger charge is -2.01. The molecule has 7 heteroatoms. The average Bonchev–Trinajstić information content (AvgIpc) is 2.17. The van der Waals surface area contributed by atoms with E-state index in [0.29, 0.717) is 0 Å². The minimum Gasteiger partial charge on any atom is -0.476 e. The molecule has 0 aliphatic rings. The number of anilines is 1. The number of hydrogen-bond acceptors (Lipinski definition) is 6. The summed E-state index contributed by atoms with van der Waals surface area (Å²) in [4.78, 5) is 28.5. The van der Waals surface area contributed by atoms with Gasteiger partial charge in [0.2, 0.25) is 0 Å². The standard InChI is InChI=1S/C7H7N3O4/c1-14-7(13)3-2-9-5(8)4(10-3)6(11)12/h2H,1H3,(H2,8,9)(H,11,12). The van der Waals surface area contributed by atoms with Gasteiger partial charge in [-0.3, -0.25) is 0 Å². The van der Waals surface area contributed by atoms with Crippen molar-refractivity contribution in [1.82, 2.24) is 9.97 Å². The summed E-state index contributed by atoms with van der Waals surface area (Å²) in [5, 5.41) is 8.61. The highest BCUT2D eigenvalue weighted by molar-refractivity contribution is 5.93. The number of nitrogens with two attached hydrogens (primary N) is 1. The van der Waals surface area contributed by atoms with Gasteiger partial charge in [0, 0.05) is 0 Å². The van der Waals surface area contributed by atoms with Crippen LogP contribution in [0.5, 0.6) is 0 Å². The van der Waals surface area contributed by atoms with Crippen LogP contribution in [0.3, 0.4) is 0 Å². The Hall–Kier alpha value is -2.18. The van der Waals surface area contributed by atoms with Gasteiger partial charge < -0.3 is 15.6 Å². The molecule has 1 heterocycles. The van der Waals surface area contributed by atoms with Crippen molar-refractivity contribution in [3.63, 3.8) is 0 Å². The molecule has 0 spiro atoms. The molecule has 14 heavy (non-hydrogen) atoms. The first-order chi connectivity index (χ1) is 6.56. The summed E-state index contributed by atoms with van der Waals surface area (Å²) in [5.41, 5.74) is 4.57. The maximum atomic E-state index is 10.9. The summed E-state index contributed by atoms with van der Waals surface area (Å²) in [6.07, 6.45) is 1.05. The van der Waals surface area contributed by atoms with Gasteiger partial charge >= 0.3 is 11.9 Å². The number of carbonyl (C=O) groups excluding carboxylic acids is 1. The Morgan fingerprint density at radius 2 is 2.21 bits per heavy atom. The van der Waals surface area contributed by atoms with Gasteiger partial charge in [-0.1, -0.05) is 0 Å². The monoisotopic (exact) mass is 197 g/mol. The molecule has 1 aromatic rings. The molecule has 0 radical (unpaired) electrons. The average molecular weight is 197 g/mol. The molecule has 3 N–H and O–H groups in total. The molecule has 74 valence electrons. The summed E-state index contributed by atoms with van der Waals surface area (Å²) in [6.45, 7) is 0. The van der Waals surface area contributed by atoms with Crippen LogP contribution in [0.2, 0.25) is 0 Å². The first kappa shape index (κ1) is 9.90. The number of hydrogen-bond donors (Lipinski definition) is 2. The van der Waals surface area contributed by atoms with Crippen molar-refractivity contribution in [3.05, 3.63) is 17.6 Å². The van der Waals surface area contributed by atoms with Gasteiger partial charge in [-0.05, 0) is 0 Å². The van der Waals surface area contributed by atoms with Crippen molar-refractivity contribution in [2.75, 3.05) is 12.8 Å². The zero-order valence-electron chi connectivity index (χ0n) is 7.22. The lowest BCUT2D eigenvalue weighted by Crippen LogP contribution is -2.13. The number of aromatic nitrogens is 2. The van der Waals surface area contributed by atoms with Crippen molar-refractivity contribution >= 4 is 17.8 Å². The number of esters is 1. The third kappa shape index (κ3) is 1.76. The van der Waals surface area contributed by atoms with E-state index in [-0.39, 0.29) is 11.5 Å². The van der Waals surface area contributed by atoms with E-state index in [0.717, 1.165) is 13.3 Å². The number of carboxylic acids is 1. The topological polar surface area (TPSA) is 115 Å². The number of nitrogen functional groups attached to an aromatic ring is 1. The molecule has 0 unspecified atom stereocenters. The van der Waals surface area contributed by atoms with E-state index >= 15 is 0 Å². The molecular formula is C7H7N3O4.